The van der Waals surface area contributed by atoms with E-state index < -0.39 is 41.6 Å². The van der Waals surface area contributed by atoms with E-state index in [9.17, 15) is 24.3 Å². The summed E-state index contributed by atoms with van der Waals surface area (Å²) in [7, 11) is 0. The number of fused-ring (bicyclic) bond motifs is 1. The van der Waals surface area contributed by atoms with Gasteiger partial charge in [-0.05, 0) is 75.8 Å². The molecule has 53 heavy (non-hydrogen) atoms. The van der Waals surface area contributed by atoms with Crippen molar-refractivity contribution in [2.45, 2.75) is 89.0 Å². The van der Waals surface area contributed by atoms with Crippen LogP contribution in [0.5, 0.6) is 0 Å². The van der Waals surface area contributed by atoms with Crippen LogP contribution in [0.2, 0.25) is 0 Å². The summed E-state index contributed by atoms with van der Waals surface area (Å²) >= 11 is 0. The summed E-state index contributed by atoms with van der Waals surface area (Å²) in [5, 5.41) is 12.4. The number of likely N-dealkylation sites (tertiary alicyclic amines) is 1. The normalized spacial score (nSPS) is 23.3. The van der Waals surface area contributed by atoms with Gasteiger partial charge >= 0.3 is 5.97 Å². The van der Waals surface area contributed by atoms with E-state index in [2.05, 4.69) is 37.2 Å². The smallest absolute Gasteiger partial charge is 0.306 e. The molecule has 3 aliphatic heterocycles. The molecular weight excluding hydrogens is 672 g/mol. The lowest BCUT2D eigenvalue weighted by Crippen LogP contribution is -2.56. The van der Waals surface area contributed by atoms with Gasteiger partial charge in [0.1, 0.15) is 18.2 Å². The van der Waals surface area contributed by atoms with Crippen molar-refractivity contribution in [2.24, 2.45) is 11.8 Å². The number of aliphatic hydroxyl groups excluding tert-OH is 1. The largest absolute Gasteiger partial charge is 0.463 e. The van der Waals surface area contributed by atoms with Crippen molar-refractivity contribution in [1.29, 1.82) is 0 Å². The number of aliphatic hydroxyl groups is 1. The monoisotopic (exact) mass is 728 g/mol. The number of nitrogens with one attached hydrogen (secondary N) is 1. The SMILES string of the molecule is C=CCCC(=O)OC[C@H](NC(=O)[C@@H]1[C@H]2C(=O)N(CCCCCCO)[C@H](C(=O)N(CC=C)c3ccc(N(CC)CC)cc3)[C@]23CC[C@H]1O3)c1ccccc1. The van der Waals surface area contributed by atoms with Crippen molar-refractivity contribution in [2.75, 3.05) is 49.2 Å². The quantitative estimate of drug-likeness (QED) is 0.100. The van der Waals surface area contributed by atoms with Gasteiger partial charge < -0.3 is 34.6 Å². The fourth-order valence-corrected chi connectivity index (χ4v) is 8.40. The van der Waals surface area contributed by atoms with E-state index in [1.165, 1.54) is 0 Å². The van der Waals surface area contributed by atoms with Crippen molar-refractivity contribution in [3.63, 3.8) is 0 Å². The number of hydrogen-bond acceptors (Lipinski definition) is 8. The summed E-state index contributed by atoms with van der Waals surface area (Å²) in [6.45, 7) is 14.1. The molecule has 0 radical (unpaired) electrons. The van der Waals surface area contributed by atoms with Gasteiger partial charge in [0.25, 0.3) is 5.91 Å². The van der Waals surface area contributed by atoms with Crippen LogP contribution in [0, 0.1) is 11.8 Å². The molecule has 2 aromatic rings. The highest BCUT2D eigenvalue weighted by Crippen LogP contribution is 2.58. The number of unbranched alkanes of at least 4 members (excludes halogenated alkanes) is 3. The maximum atomic E-state index is 15.0. The molecular formula is C42H56N4O7. The lowest BCUT2D eigenvalue weighted by molar-refractivity contribution is -0.146. The Hall–Kier alpha value is -4.48. The molecule has 6 atom stereocenters. The summed E-state index contributed by atoms with van der Waals surface area (Å²) in [6.07, 6.45) is 7.35. The van der Waals surface area contributed by atoms with Gasteiger partial charge in [0.2, 0.25) is 11.8 Å². The molecule has 2 bridgehead atoms. The standard InChI is InChI=1S/C42H56N4O7/c1-5-9-19-35(48)52-29-33(30-17-13-12-14-18-30)43-39(49)36-34-24-25-42(53-34)37(36)40(50)46(27-15-10-11-16-28-47)38(42)41(51)45(26-6-2)32-22-20-31(21-23-32)44(7-3)8-4/h5-6,12-14,17-18,20-23,33-34,36-38,47H,1-2,7-11,15-16,19,24-29H2,3-4H3,(H,43,49)/t33-,34+,36-,37-,38+,42-/m0/s1. The Balaban J connectivity index is 1.44. The maximum Gasteiger partial charge on any atom is 0.306 e. The van der Waals surface area contributed by atoms with E-state index in [1.807, 2.05) is 54.6 Å². The lowest BCUT2D eigenvalue weighted by atomic mass is 9.70. The minimum Gasteiger partial charge on any atom is -0.463 e. The molecule has 5 rings (SSSR count). The van der Waals surface area contributed by atoms with Crippen molar-refractivity contribution in [3.8, 4) is 0 Å². The molecule has 286 valence electrons. The Morgan fingerprint density at radius 3 is 2.38 bits per heavy atom. The van der Waals surface area contributed by atoms with Crippen LogP contribution < -0.4 is 15.1 Å². The third-order valence-electron chi connectivity index (χ3n) is 11.0. The molecule has 0 aromatic heterocycles. The van der Waals surface area contributed by atoms with E-state index >= 15 is 0 Å². The number of ether oxygens (including phenoxy) is 2. The molecule has 2 aromatic carbocycles. The maximum absolute atomic E-state index is 15.0. The van der Waals surface area contributed by atoms with Gasteiger partial charge in [-0.2, -0.15) is 0 Å². The van der Waals surface area contributed by atoms with Gasteiger partial charge in [0, 0.05) is 50.6 Å². The Kier molecular flexibility index (Phi) is 13.9. The van der Waals surface area contributed by atoms with Gasteiger partial charge in [0.15, 0.2) is 0 Å². The van der Waals surface area contributed by atoms with E-state index in [1.54, 1.807) is 22.0 Å². The van der Waals surface area contributed by atoms with Crippen LogP contribution in [-0.2, 0) is 28.7 Å². The first-order valence-electron chi connectivity index (χ1n) is 19.2. The zero-order chi connectivity index (χ0) is 38.0. The third-order valence-corrected chi connectivity index (χ3v) is 11.0. The second-order valence-electron chi connectivity index (χ2n) is 14.1. The van der Waals surface area contributed by atoms with Crippen molar-refractivity contribution >= 4 is 35.1 Å². The van der Waals surface area contributed by atoms with E-state index in [0.717, 1.165) is 37.2 Å². The van der Waals surface area contributed by atoms with Gasteiger partial charge in [0.05, 0.1) is 24.0 Å². The first-order chi connectivity index (χ1) is 25.7. The highest BCUT2D eigenvalue weighted by atomic mass is 16.5. The Labute approximate surface area is 314 Å². The predicted octanol–water partition coefficient (Wildman–Crippen LogP) is 5.35. The number of allylic oxidation sites excluding steroid dienone is 1. The van der Waals surface area contributed by atoms with Crippen molar-refractivity contribution in [3.05, 3.63) is 85.5 Å². The van der Waals surface area contributed by atoms with Crippen LogP contribution in [0.4, 0.5) is 11.4 Å². The molecule has 0 unspecified atom stereocenters. The summed E-state index contributed by atoms with van der Waals surface area (Å²) in [5.74, 6) is -2.95. The molecule has 0 aliphatic carbocycles. The fourth-order valence-electron chi connectivity index (χ4n) is 8.40. The number of anilines is 2. The number of rotatable bonds is 21. The Morgan fingerprint density at radius 1 is 1.02 bits per heavy atom. The van der Waals surface area contributed by atoms with Crippen LogP contribution in [-0.4, -0.2) is 90.8 Å². The van der Waals surface area contributed by atoms with E-state index in [4.69, 9.17) is 9.47 Å². The number of benzene rings is 2. The van der Waals surface area contributed by atoms with Crippen LogP contribution in [0.3, 0.4) is 0 Å². The minimum absolute atomic E-state index is 0.0711. The number of hydrogen-bond donors (Lipinski definition) is 2. The summed E-state index contributed by atoms with van der Waals surface area (Å²) in [4.78, 5) is 62.0. The Morgan fingerprint density at radius 2 is 1.72 bits per heavy atom. The molecule has 11 heteroatoms. The second-order valence-corrected chi connectivity index (χ2v) is 14.1. The summed E-state index contributed by atoms with van der Waals surface area (Å²) in [6, 6.07) is 15.6. The number of nitrogens with zero attached hydrogens (tertiary/aromatic N) is 3. The number of carbonyl (C=O) groups is 4. The zero-order valence-corrected chi connectivity index (χ0v) is 31.3. The minimum atomic E-state index is -1.17. The molecule has 11 nitrogen and oxygen atoms in total. The van der Waals surface area contributed by atoms with Crippen LogP contribution in [0.15, 0.2) is 79.9 Å². The second kappa shape index (κ2) is 18.5. The fraction of sp³-hybridized carbons (Fsp3) is 0.524. The summed E-state index contributed by atoms with van der Waals surface area (Å²) in [5.41, 5.74) is 1.33. The number of esters is 1. The lowest BCUT2D eigenvalue weighted by Gasteiger charge is -2.37. The molecule has 3 aliphatic rings. The van der Waals surface area contributed by atoms with Gasteiger partial charge in [-0.1, -0.05) is 55.3 Å². The van der Waals surface area contributed by atoms with E-state index in [-0.39, 0.29) is 43.9 Å². The highest BCUT2D eigenvalue weighted by Gasteiger charge is 2.74. The zero-order valence-electron chi connectivity index (χ0n) is 31.3. The predicted molar refractivity (Wildman–Crippen MR) is 205 cm³/mol. The first-order valence-corrected chi connectivity index (χ1v) is 19.2. The van der Waals surface area contributed by atoms with Crippen molar-refractivity contribution in [1.82, 2.24) is 10.2 Å². The van der Waals surface area contributed by atoms with Crippen LogP contribution in [0.25, 0.3) is 0 Å². The molecule has 3 fully saturated rings. The first kappa shape index (κ1) is 39.7. The molecule has 0 saturated carbocycles. The van der Waals surface area contributed by atoms with E-state index in [0.29, 0.717) is 44.3 Å². The molecule has 3 heterocycles. The Bertz CT molecular complexity index is 1580. The molecule has 3 saturated heterocycles. The topological polar surface area (TPSA) is 129 Å². The summed E-state index contributed by atoms with van der Waals surface area (Å²) < 4.78 is 12.3. The van der Waals surface area contributed by atoms with Gasteiger partial charge in [-0.25, -0.2) is 0 Å². The van der Waals surface area contributed by atoms with Gasteiger partial charge in [-0.3, -0.25) is 19.2 Å². The third kappa shape index (κ3) is 8.52. The molecule has 3 amide bonds. The van der Waals surface area contributed by atoms with Crippen molar-refractivity contribution < 1.29 is 33.8 Å². The average molecular weight is 729 g/mol. The van der Waals surface area contributed by atoms with Crippen LogP contribution in [0.1, 0.15) is 76.8 Å². The highest BCUT2D eigenvalue weighted by molar-refractivity contribution is 6.05. The molecule has 2 N–H and O–H groups in total. The van der Waals surface area contributed by atoms with Gasteiger partial charge in [-0.15, -0.1) is 13.2 Å². The molecule has 1 spiro atoms. The number of carbonyl (C=O) groups excluding carboxylic acids is 4. The van der Waals surface area contributed by atoms with Crippen LogP contribution >= 0.6 is 0 Å². The number of amides is 3. The average Bonchev–Trinajstić information content (AvgIpc) is 3.82.